The lowest BCUT2D eigenvalue weighted by molar-refractivity contribution is -0.120. The van der Waals surface area contributed by atoms with Gasteiger partial charge in [0.2, 0.25) is 5.91 Å². The van der Waals surface area contributed by atoms with E-state index in [9.17, 15) is 10.1 Å². The van der Waals surface area contributed by atoms with Gasteiger partial charge in [-0.1, -0.05) is 67.0 Å². The molecule has 0 radical (unpaired) electrons. The Morgan fingerprint density at radius 2 is 1.94 bits per heavy atom. The third-order valence-electron chi connectivity index (χ3n) is 4.94. The van der Waals surface area contributed by atoms with Crippen molar-refractivity contribution in [2.75, 3.05) is 5.75 Å². The normalized spacial score (nSPS) is 12.9. The Bertz CT molecular complexity index is 1130. The fraction of sp³-hybridized carbons (Fsp3) is 0.273. The molecule has 1 atom stereocenters. The molecule has 160 valence electrons. The molecule has 1 unspecified atom stereocenters. The highest BCUT2D eigenvalue weighted by Gasteiger charge is 2.30. The minimum absolute atomic E-state index is 0.0296. The van der Waals surface area contributed by atoms with Gasteiger partial charge in [0.25, 0.3) is 0 Å². The molecule has 0 aliphatic rings. The van der Waals surface area contributed by atoms with Gasteiger partial charge in [-0.05, 0) is 43.2 Å². The number of carbonyl (C=O) groups is 1. The first-order valence-corrected chi connectivity index (χ1v) is 11.3. The van der Waals surface area contributed by atoms with Crippen molar-refractivity contribution in [1.82, 2.24) is 20.1 Å². The molecule has 1 heterocycles. The van der Waals surface area contributed by atoms with Crippen molar-refractivity contribution < 1.29 is 4.79 Å². The summed E-state index contributed by atoms with van der Waals surface area (Å²) in [7, 11) is 0. The number of rotatable bonds is 7. The van der Waals surface area contributed by atoms with Crippen molar-refractivity contribution in [3.05, 3.63) is 58.6 Å². The maximum absolute atomic E-state index is 12.5. The van der Waals surface area contributed by atoms with Crippen LogP contribution < -0.4 is 5.32 Å². The molecule has 3 rings (SSSR count). The molecule has 31 heavy (non-hydrogen) atoms. The van der Waals surface area contributed by atoms with Crippen molar-refractivity contribution in [3.63, 3.8) is 0 Å². The Hall–Kier alpha value is -2.53. The quantitative estimate of drug-likeness (QED) is 0.465. The first kappa shape index (κ1) is 23.1. The molecule has 0 saturated heterocycles. The van der Waals surface area contributed by atoms with Crippen LogP contribution in [0.1, 0.15) is 20.8 Å². The number of amides is 1. The Kier molecular flexibility index (Phi) is 7.26. The van der Waals surface area contributed by atoms with Crippen molar-refractivity contribution in [2.45, 2.75) is 31.5 Å². The third kappa shape index (κ3) is 5.21. The van der Waals surface area contributed by atoms with Crippen LogP contribution in [-0.2, 0) is 4.79 Å². The van der Waals surface area contributed by atoms with Crippen LogP contribution in [0.2, 0.25) is 10.0 Å². The SMILES string of the molecule is CC(C)C(C)(C#N)NC(=O)CSc1nnc(-c2ccc(Cl)cc2Cl)n1-c1ccccc1. The number of thioether (sulfide) groups is 1. The molecular formula is C22H21Cl2N5OS. The third-order valence-corrected chi connectivity index (χ3v) is 6.41. The van der Waals surface area contributed by atoms with E-state index in [1.165, 1.54) is 11.8 Å². The molecule has 6 nitrogen and oxygen atoms in total. The number of nitrogens with one attached hydrogen (secondary N) is 1. The second-order valence-electron chi connectivity index (χ2n) is 7.41. The predicted molar refractivity (Wildman–Crippen MR) is 125 cm³/mol. The van der Waals surface area contributed by atoms with E-state index in [0.29, 0.717) is 26.6 Å². The highest BCUT2D eigenvalue weighted by atomic mass is 35.5. The van der Waals surface area contributed by atoms with Gasteiger partial charge in [0.05, 0.1) is 16.8 Å². The summed E-state index contributed by atoms with van der Waals surface area (Å²) in [5.74, 6) is 0.345. The van der Waals surface area contributed by atoms with Gasteiger partial charge in [0.15, 0.2) is 11.0 Å². The summed E-state index contributed by atoms with van der Waals surface area (Å²) in [6.45, 7) is 5.50. The van der Waals surface area contributed by atoms with Crippen LogP contribution in [0.5, 0.6) is 0 Å². The molecule has 0 saturated carbocycles. The fourth-order valence-corrected chi connectivity index (χ4v) is 4.02. The van der Waals surface area contributed by atoms with Crippen LogP contribution in [0.4, 0.5) is 0 Å². The van der Waals surface area contributed by atoms with Crippen LogP contribution in [0, 0.1) is 17.2 Å². The standard InChI is InChI=1S/C22H21Cl2N5OS/c1-14(2)22(3,13-25)26-19(30)12-31-21-28-27-20(17-10-9-15(23)11-18(17)24)29(21)16-7-5-4-6-8-16/h4-11,14H,12H2,1-3H3,(H,26,30). The van der Waals surface area contributed by atoms with Crippen molar-refractivity contribution in [2.24, 2.45) is 5.92 Å². The van der Waals surface area contributed by atoms with E-state index < -0.39 is 5.54 Å². The summed E-state index contributed by atoms with van der Waals surface area (Å²) >= 11 is 13.7. The number of para-hydroxylation sites is 1. The van der Waals surface area contributed by atoms with Crippen molar-refractivity contribution in [3.8, 4) is 23.1 Å². The predicted octanol–water partition coefficient (Wildman–Crippen LogP) is 5.39. The maximum Gasteiger partial charge on any atom is 0.231 e. The monoisotopic (exact) mass is 473 g/mol. The van der Waals surface area contributed by atoms with Gasteiger partial charge in [0.1, 0.15) is 5.54 Å². The number of aromatic nitrogens is 3. The van der Waals surface area contributed by atoms with E-state index in [2.05, 4.69) is 21.6 Å². The Labute approximate surface area is 195 Å². The lowest BCUT2D eigenvalue weighted by Gasteiger charge is -2.27. The zero-order valence-corrected chi connectivity index (χ0v) is 19.6. The largest absolute Gasteiger partial charge is 0.337 e. The Balaban J connectivity index is 1.92. The van der Waals surface area contributed by atoms with E-state index in [1.54, 1.807) is 25.1 Å². The molecule has 0 aliphatic heterocycles. The number of hydrogen-bond donors (Lipinski definition) is 1. The fourth-order valence-electron chi connectivity index (χ4n) is 2.78. The lowest BCUT2D eigenvalue weighted by atomic mass is 9.90. The molecule has 1 aromatic heterocycles. The van der Waals surface area contributed by atoms with E-state index in [-0.39, 0.29) is 17.6 Å². The van der Waals surface area contributed by atoms with E-state index >= 15 is 0 Å². The highest BCUT2D eigenvalue weighted by molar-refractivity contribution is 7.99. The summed E-state index contributed by atoms with van der Waals surface area (Å²) in [5, 5.41) is 22.4. The zero-order valence-electron chi connectivity index (χ0n) is 17.3. The second-order valence-corrected chi connectivity index (χ2v) is 9.19. The van der Waals surface area contributed by atoms with Gasteiger partial charge in [-0.25, -0.2) is 0 Å². The van der Waals surface area contributed by atoms with Crippen molar-refractivity contribution >= 4 is 40.9 Å². The number of nitrogens with zero attached hydrogens (tertiary/aromatic N) is 4. The smallest absolute Gasteiger partial charge is 0.231 e. The average Bonchev–Trinajstić information content (AvgIpc) is 3.16. The Morgan fingerprint density at radius 3 is 2.55 bits per heavy atom. The first-order chi connectivity index (χ1) is 14.7. The van der Waals surface area contributed by atoms with Gasteiger partial charge < -0.3 is 5.32 Å². The first-order valence-electron chi connectivity index (χ1n) is 9.56. The van der Waals surface area contributed by atoms with Gasteiger partial charge >= 0.3 is 0 Å². The van der Waals surface area contributed by atoms with Gasteiger partial charge in [-0.15, -0.1) is 10.2 Å². The van der Waals surface area contributed by atoms with Gasteiger partial charge in [0, 0.05) is 16.3 Å². The molecular weight excluding hydrogens is 453 g/mol. The minimum atomic E-state index is -0.938. The Morgan fingerprint density at radius 1 is 1.23 bits per heavy atom. The number of nitriles is 1. The molecule has 1 N–H and O–H groups in total. The topological polar surface area (TPSA) is 83.6 Å². The van der Waals surface area contributed by atoms with Crippen LogP contribution in [-0.4, -0.2) is 32.0 Å². The highest BCUT2D eigenvalue weighted by Crippen LogP contribution is 2.33. The zero-order chi connectivity index (χ0) is 22.6. The molecule has 3 aromatic rings. The average molecular weight is 474 g/mol. The van der Waals surface area contributed by atoms with Gasteiger partial charge in [-0.2, -0.15) is 5.26 Å². The number of hydrogen-bond acceptors (Lipinski definition) is 5. The number of halogens is 2. The van der Waals surface area contributed by atoms with Crippen LogP contribution in [0.3, 0.4) is 0 Å². The van der Waals surface area contributed by atoms with Crippen molar-refractivity contribution in [1.29, 1.82) is 5.26 Å². The van der Waals surface area contributed by atoms with Crippen LogP contribution in [0.25, 0.3) is 17.1 Å². The molecule has 0 spiro atoms. The summed E-state index contributed by atoms with van der Waals surface area (Å²) in [6.07, 6.45) is 0. The summed E-state index contributed by atoms with van der Waals surface area (Å²) in [6, 6.07) is 16.9. The summed E-state index contributed by atoms with van der Waals surface area (Å²) in [4.78, 5) is 12.5. The van der Waals surface area contributed by atoms with E-state index in [0.717, 1.165) is 5.69 Å². The molecule has 9 heteroatoms. The number of benzene rings is 2. The molecule has 0 bridgehead atoms. The second kappa shape index (κ2) is 9.73. The van der Waals surface area contributed by atoms with E-state index in [1.807, 2.05) is 48.7 Å². The summed E-state index contributed by atoms with van der Waals surface area (Å²) < 4.78 is 1.85. The summed E-state index contributed by atoms with van der Waals surface area (Å²) in [5.41, 5.74) is 0.572. The molecule has 2 aromatic carbocycles. The molecule has 0 fully saturated rings. The molecule has 0 aliphatic carbocycles. The number of carbonyl (C=O) groups excluding carboxylic acids is 1. The van der Waals surface area contributed by atoms with E-state index in [4.69, 9.17) is 23.2 Å². The van der Waals surface area contributed by atoms with Gasteiger partial charge in [-0.3, -0.25) is 9.36 Å². The maximum atomic E-state index is 12.5. The lowest BCUT2D eigenvalue weighted by Crippen LogP contribution is -2.49. The molecule has 1 amide bonds. The van der Waals surface area contributed by atoms with Crippen LogP contribution >= 0.6 is 35.0 Å². The van der Waals surface area contributed by atoms with Crippen LogP contribution in [0.15, 0.2) is 53.7 Å². The minimum Gasteiger partial charge on any atom is -0.337 e.